The standard InChI is InChI=1S/C23H28N4O3S2/c1-14(16-10-11-18(19(13-16)29-3)30-17-7-4-5-8-17)24-22(28)15(2)27-21(25-26-23(27)31)20-9-6-12-32-20/h6,9-15,17H,4-5,7-8H2,1-3H3,(H,24,28)(H,26,31). The van der Waals surface area contributed by atoms with E-state index in [1.807, 2.05) is 49.6 Å². The van der Waals surface area contributed by atoms with Gasteiger partial charge in [0, 0.05) is 0 Å². The molecule has 1 aromatic carbocycles. The van der Waals surface area contributed by atoms with Crippen molar-refractivity contribution in [2.75, 3.05) is 7.11 Å². The van der Waals surface area contributed by atoms with E-state index in [0.29, 0.717) is 16.3 Å². The van der Waals surface area contributed by atoms with Crippen LogP contribution in [0.3, 0.4) is 0 Å². The molecule has 2 unspecified atom stereocenters. The molecule has 2 aromatic heterocycles. The van der Waals surface area contributed by atoms with Crippen LogP contribution in [0.5, 0.6) is 11.5 Å². The molecule has 4 rings (SSSR count). The lowest BCUT2D eigenvalue weighted by atomic mass is 10.1. The Morgan fingerprint density at radius 1 is 1.28 bits per heavy atom. The first-order valence-electron chi connectivity index (χ1n) is 10.8. The van der Waals surface area contributed by atoms with Gasteiger partial charge in [-0.05, 0) is 80.9 Å². The van der Waals surface area contributed by atoms with Crippen LogP contribution in [0, 0.1) is 4.77 Å². The Hall–Kier alpha value is -2.65. The highest BCUT2D eigenvalue weighted by Crippen LogP contribution is 2.34. The Balaban J connectivity index is 1.48. The predicted molar refractivity (Wildman–Crippen MR) is 128 cm³/mol. The van der Waals surface area contributed by atoms with Gasteiger partial charge in [0.1, 0.15) is 6.04 Å². The lowest BCUT2D eigenvalue weighted by Crippen LogP contribution is -2.33. The van der Waals surface area contributed by atoms with E-state index in [1.165, 1.54) is 12.8 Å². The van der Waals surface area contributed by atoms with Crippen LogP contribution in [0.15, 0.2) is 35.7 Å². The molecule has 9 heteroatoms. The average Bonchev–Trinajstić information content (AvgIpc) is 3.55. The first-order valence-corrected chi connectivity index (χ1v) is 12.1. The minimum atomic E-state index is -0.521. The fourth-order valence-electron chi connectivity index (χ4n) is 4.01. The van der Waals surface area contributed by atoms with E-state index in [0.717, 1.165) is 29.0 Å². The Kier molecular flexibility index (Phi) is 6.95. The Labute approximate surface area is 196 Å². The number of hydrogen-bond donors (Lipinski definition) is 2. The number of carbonyl (C=O) groups excluding carboxylic acids is 1. The molecule has 1 amide bonds. The van der Waals surface area contributed by atoms with Gasteiger partial charge < -0.3 is 14.8 Å². The largest absolute Gasteiger partial charge is 0.493 e. The van der Waals surface area contributed by atoms with Crippen LogP contribution in [-0.4, -0.2) is 33.9 Å². The van der Waals surface area contributed by atoms with Crippen molar-refractivity contribution in [1.82, 2.24) is 20.1 Å². The van der Waals surface area contributed by atoms with Gasteiger partial charge in [0.15, 0.2) is 22.1 Å². The average molecular weight is 473 g/mol. The summed E-state index contributed by atoms with van der Waals surface area (Å²) in [6, 6.07) is 9.00. The molecule has 170 valence electrons. The second-order valence-electron chi connectivity index (χ2n) is 8.04. The van der Waals surface area contributed by atoms with Gasteiger partial charge >= 0.3 is 0 Å². The molecule has 1 aliphatic rings. The minimum absolute atomic E-state index is 0.141. The molecule has 2 heterocycles. The molecule has 0 spiro atoms. The van der Waals surface area contributed by atoms with Gasteiger partial charge in [-0.25, -0.2) is 0 Å². The summed E-state index contributed by atoms with van der Waals surface area (Å²) in [5.74, 6) is 1.95. The number of aromatic amines is 1. The fraction of sp³-hybridized carbons (Fsp3) is 0.435. The number of methoxy groups -OCH3 is 1. The van der Waals surface area contributed by atoms with Gasteiger partial charge in [-0.2, -0.15) is 5.10 Å². The summed E-state index contributed by atoms with van der Waals surface area (Å²) in [5, 5.41) is 12.2. The normalized spacial score (nSPS) is 16.0. The van der Waals surface area contributed by atoms with Gasteiger partial charge in [-0.15, -0.1) is 11.3 Å². The zero-order valence-corrected chi connectivity index (χ0v) is 20.1. The lowest BCUT2D eigenvalue weighted by Gasteiger charge is -2.21. The highest BCUT2D eigenvalue weighted by molar-refractivity contribution is 7.71. The number of nitrogens with zero attached hydrogens (tertiary/aromatic N) is 2. The number of ether oxygens (including phenoxy) is 2. The molecule has 1 saturated carbocycles. The highest BCUT2D eigenvalue weighted by Gasteiger charge is 2.24. The number of rotatable bonds is 8. The molecule has 2 atom stereocenters. The first-order chi connectivity index (χ1) is 15.5. The molecule has 0 saturated heterocycles. The maximum atomic E-state index is 13.1. The van der Waals surface area contributed by atoms with Crippen LogP contribution in [-0.2, 0) is 4.79 Å². The summed E-state index contributed by atoms with van der Waals surface area (Å²) in [4.78, 5) is 14.0. The van der Waals surface area contributed by atoms with E-state index in [1.54, 1.807) is 23.0 Å². The minimum Gasteiger partial charge on any atom is -0.493 e. The van der Waals surface area contributed by atoms with E-state index < -0.39 is 6.04 Å². The molecule has 0 aliphatic heterocycles. The number of thiophene rings is 1. The lowest BCUT2D eigenvalue weighted by molar-refractivity contribution is -0.124. The van der Waals surface area contributed by atoms with Crippen LogP contribution < -0.4 is 14.8 Å². The molecule has 2 N–H and O–H groups in total. The van der Waals surface area contributed by atoms with Crippen molar-refractivity contribution in [3.05, 3.63) is 46.0 Å². The smallest absolute Gasteiger partial charge is 0.243 e. The topological polar surface area (TPSA) is 81.2 Å². The number of benzene rings is 1. The monoisotopic (exact) mass is 472 g/mol. The molecule has 1 aliphatic carbocycles. The van der Waals surface area contributed by atoms with Crippen molar-refractivity contribution in [2.24, 2.45) is 0 Å². The number of carbonyl (C=O) groups is 1. The number of aromatic nitrogens is 3. The van der Waals surface area contributed by atoms with Gasteiger partial charge in [-0.3, -0.25) is 14.5 Å². The summed E-state index contributed by atoms with van der Waals surface area (Å²) in [5.41, 5.74) is 0.940. The summed E-state index contributed by atoms with van der Waals surface area (Å²) < 4.78 is 13.9. The molecular formula is C23H28N4O3S2. The number of amides is 1. The van der Waals surface area contributed by atoms with Crippen LogP contribution in [0.1, 0.15) is 57.2 Å². The third-order valence-corrected chi connectivity index (χ3v) is 7.01. The Morgan fingerprint density at radius 2 is 2.06 bits per heavy atom. The number of H-pyrrole nitrogens is 1. The molecule has 0 bridgehead atoms. The summed E-state index contributed by atoms with van der Waals surface area (Å²) in [7, 11) is 1.64. The maximum absolute atomic E-state index is 13.1. The second-order valence-corrected chi connectivity index (χ2v) is 9.37. The van der Waals surface area contributed by atoms with Gasteiger partial charge in [0.05, 0.1) is 24.1 Å². The second kappa shape index (κ2) is 9.87. The van der Waals surface area contributed by atoms with Crippen LogP contribution in [0.2, 0.25) is 0 Å². The van der Waals surface area contributed by atoms with Crippen molar-refractivity contribution >= 4 is 29.5 Å². The van der Waals surface area contributed by atoms with Crippen LogP contribution >= 0.6 is 23.6 Å². The third-order valence-electron chi connectivity index (χ3n) is 5.86. The van der Waals surface area contributed by atoms with E-state index in [4.69, 9.17) is 21.7 Å². The molecular weight excluding hydrogens is 444 g/mol. The first kappa shape index (κ1) is 22.5. The van der Waals surface area contributed by atoms with E-state index in [2.05, 4.69) is 15.5 Å². The van der Waals surface area contributed by atoms with Gasteiger partial charge in [-0.1, -0.05) is 12.1 Å². The van der Waals surface area contributed by atoms with Crippen molar-refractivity contribution < 1.29 is 14.3 Å². The summed E-state index contributed by atoms with van der Waals surface area (Å²) in [6.07, 6.45) is 4.84. The van der Waals surface area contributed by atoms with Crippen molar-refractivity contribution in [1.29, 1.82) is 0 Å². The van der Waals surface area contributed by atoms with E-state index in [9.17, 15) is 4.79 Å². The third kappa shape index (κ3) is 4.73. The molecule has 3 aromatic rings. The van der Waals surface area contributed by atoms with Crippen LogP contribution in [0.25, 0.3) is 10.7 Å². The molecule has 7 nitrogen and oxygen atoms in total. The SMILES string of the molecule is COc1cc(C(C)NC(=O)C(C)n2c(-c3cccs3)n[nH]c2=S)ccc1OC1CCCC1. The van der Waals surface area contributed by atoms with Crippen molar-refractivity contribution in [2.45, 2.75) is 57.7 Å². The van der Waals surface area contributed by atoms with E-state index in [-0.39, 0.29) is 18.1 Å². The Bertz CT molecular complexity index is 1120. The highest BCUT2D eigenvalue weighted by atomic mass is 32.1. The quantitative estimate of drug-likeness (QED) is 0.427. The number of nitrogens with one attached hydrogen (secondary N) is 2. The maximum Gasteiger partial charge on any atom is 0.243 e. The molecule has 1 fully saturated rings. The van der Waals surface area contributed by atoms with Gasteiger partial charge in [0.25, 0.3) is 0 Å². The molecule has 32 heavy (non-hydrogen) atoms. The predicted octanol–water partition coefficient (Wildman–Crippen LogP) is 5.44. The summed E-state index contributed by atoms with van der Waals surface area (Å²) >= 11 is 6.95. The zero-order valence-electron chi connectivity index (χ0n) is 18.5. The fourth-order valence-corrected chi connectivity index (χ4v) is 5.02. The van der Waals surface area contributed by atoms with Crippen molar-refractivity contribution in [3.8, 4) is 22.2 Å². The van der Waals surface area contributed by atoms with Gasteiger partial charge in [0.2, 0.25) is 5.91 Å². The molecule has 0 radical (unpaired) electrons. The zero-order chi connectivity index (χ0) is 22.7. The van der Waals surface area contributed by atoms with Crippen molar-refractivity contribution in [3.63, 3.8) is 0 Å². The van der Waals surface area contributed by atoms with Crippen LogP contribution in [0.4, 0.5) is 0 Å². The summed E-state index contributed by atoms with van der Waals surface area (Å²) in [6.45, 7) is 3.77. The van der Waals surface area contributed by atoms with E-state index >= 15 is 0 Å². The number of hydrogen-bond acceptors (Lipinski definition) is 6. The Morgan fingerprint density at radius 3 is 2.75 bits per heavy atom.